The van der Waals surface area contributed by atoms with Gasteiger partial charge in [-0.15, -0.1) is 0 Å². The summed E-state index contributed by atoms with van der Waals surface area (Å²) in [5.74, 6) is 2.52. The van der Waals surface area contributed by atoms with Gasteiger partial charge in [0.25, 0.3) is 5.91 Å². The second kappa shape index (κ2) is 10.3. The van der Waals surface area contributed by atoms with E-state index in [4.69, 9.17) is 9.47 Å². The molecule has 192 valence electrons. The minimum absolute atomic E-state index is 0.0803. The summed E-state index contributed by atoms with van der Waals surface area (Å²) in [6.07, 6.45) is 5.73. The number of ether oxygens (including phenoxy) is 2. The number of hydrogen-bond acceptors (Lipinski definition) is 8. The number of aliphatic hydroxyl groups is 1. The van der Waals surface area contributed by atoms with Gasteiger partial charge in [0.1, 0.15) is 17.6 Å². The van der Waals surface area contributed by atoms with Gasteiger partial charge in [0.05, 0.1) is 6.61 Å². The zero-order valence-electron chi connectivity index (χ0n) is 20.6. The fraction of sp³-hybridized carbons (Fsp3) is 0.556. The molecule has 1 aromatic heterocycles. The Kier molecular flexibility index (Phi) is 6.79. The summed E-state index contributed by atoms with van der Waals surface area (Å²) < 4.78 is 12.0. The van der Waals surface area contributed by atoms with E-state index < -0.39 is 6.10 Å². The number of rotatable bonds is 7. The highest BCUT2D eigenvalue weighted by molar-refractivity contribution is 5.83. The predicted octanol–water partition coefficient (Wildman–Crippen LogP) is 2.34. The van der Waals surface area contributed by atoms with Crippen LogP contribution in [-0.2, 0) is 4.79 Å². The van der Waals surface area contributed by atoms with Crippen molar-refractivity contribution >= 4 is 5.91 Å². The van der Waals surface area contributed by atoms with Crippen LogP contribution in [0.5, 0.6) is 17.4 Å². The Labute approximate surface area is 211 Å². The molecular formula is C27H35N5O4. The molecule has 6 rings (SSSR count). The van der Waals surface area contributed by atoms with Crippen LogP contribution in [0.4, 0.5) is 0 Å². The molecule has 0 saturated carbocycles. The lowest BCUT2D eigenvalue weighted by molar-refractivity contribution is -0.137. The van der Waals surface area contributed by atoms with Gasteiger partial charge >= 0.3 is 0 Å². The normalized spacial score (nSPS) is 26.9. The van der Waals surface area contributed by atoms with Crippen molar-refractivity contribution in [1.82, 2.24) is 25.6 Å². The molecule has 1 aromatic carbocycles. The number of carbonyl (C=O) groups is 1. The quantitative estimate of drug-likeness (QED) is 0.541. The Bertz CT molecular complexity index is 1070. The summed E-state index contributed by atoms with van der Waals surface area (Å²) in [7, 11) is 0. The maximum Gasteiger partial charge on any atom is 0.251 e. The molecule has 1 amide bonds. The molecule has 2 aromatic rings. The zero-order valence-corrected chi connectivity index (χ0v) is 20.6. The summed E-state index contributed by atoms with van der Waals surface area (Å²) in [6.45, 7) is 5.38. The zero-order chi connectivity index (χ0) is 24.5. The molecule has 0 spiro atoms. The molecule has 3 N–H and O–H groups in total. The molecule has 9 heteroatoms. The average Bonchev–Trinajstić information content (AvgIpc) is 3.65. The number of aliphatic hydroxyl groups excluding tert-OH is 1. The Morgan fingerprint density at radius 2 is 2.00 bits per heavy atom. The highest BCUT2D eigenvalue weighted by Crippen LogP contribution is 2.39. The molecule has 0 bridgehead atoms. The van der Waals surface area contributed by atoms with Crippen molar-refractivity contribution < 1.29 is 19.4 Å². The van der Waals surface area contributed by atoms with Crippen molar-refractivity contribution in [2.24, 2.45) is 0 Å². The summed E-state index contributed by atoms with van der Waals surface area (Å²) in [5, 5.41) is 9.75. The number of amides is 1. The first-order valence-electron chi connectivity index (χ1n) is 13.2. The SMILES string of the molecule is O=C1[C@@H](O)CCN1C1CCN(CCC2COc3cc(Oc4ccc(C5CCNN5)cn4)ccc32)CC1. The molecular weight excluding hydrogens is 458 g/mol. The van der Waals surface area contributed by atoms with Crippen molar-refractivity contribution in [2.45, 2.75) is 56.2 Å². The van der Waals surface area contributed by atoms with Gasteiger partial charge in [-0.3, -0.25) is 15.6 Å². The first-order chi connectivity index (χ1) is 17.6. The largest absolute Gasteiger partial charge is 0.493 e. The maximum absolute atomic E-state index is 12.1. The van der Waals surface area contributed by atoms with E-state index in [0.29, 0.717) is 37.4 Å². The molecule has 0 radical (unpaired) electrons. The summed E-state index contributed by atoms with van der Waals surface area (Å²) in [6, 6.07) is 10.7. The lowest BCUT2D eigenvalue weighted by Gasteiger charge is -2.37. The predicted molar refractivity (Wildman–Crippen MR) is 134 cm³/mol. The van der Waals surface area contributed by atoms with E-state index >= 15 is 0 Å². The standard InChI is InChI=1S/C27H35N5O4/c33-24-9-14-32(27(24)34)20-7-12-31(13-8-20)11-6-19-17-35-25-15-21(2-3-22(19)25)36-26-4-1-18(16-28-26)23-5-10-29-30-23/h1-4,15-16,19-20,23-24,29-30,33H,5-14,17H2/t19?,23?,24-/m0/s1. The molecule has 36 heavy (non-hydrogen) atoms. The average molecular weight is 494 g/mol. The van der Waals surface area contributed by atoms with Crippen LogP contribution in [0, 0.1) is 0 Å². The number of carbonyl (C=O) groups excluding carboxylic acids is 1. The highest BCUT2D eigenvalue weighted by atomic mass is 16.5. The second-order valence-electron chi connectivity index (χ2n) is 10.3. The molecule has 5 heterocycles. The number of nitrogens with zero attached hydrogens (tertiary/aromatic N) is 3. The molecule has 0 aliphatic carbocycles. The first-order valence-corrected chi connectivity index (χ1v) is 13.2. The third-order valence-corrected chi connectivity index (χ3v) is 8.09. The topological polar surface area (TPSA) is 99.2 Å². The number of benzene rings is 1. The smallest absolute Gasteiger partial charge is 0.251 e. The van der Waals surface area contributed by atoms with E-state index in [2.05, 4.69) is 32.9 Å². The number of nitrogens with one attached hydrogen (secondary N) is 2. The molecule has 3 atom stereocenters. The molecule has 4 aliphatic heterocycles. The van der Waals surface area contributed by atoms with Crippen molar-refractivity contribution in [1.29, 1.82) is 0 Å². The summed E-state index contributed by atoms with van der Waals surface area (Å²) in [5.41, 5.74) is 8.80. The lowest BCUT2D eigenvalue weighted by Crippen LogP contribution is -2.46. The van der Waals surface area contributed by atoms with Gasteiger partial charge in [0.15, 0.2) is 0 Å². The highest BCUT2D eigenvalue weighted by Gasteiger charge is 2.36. The van der Waals surface area contributed by atoms with Crippen LogP contribution in [-0.4, -0.2) is 77.3 Å². The van der Waals surface area contributed by atoms with Crippen LogP contribution in [0.25, 0.3) is 0 Å². The molecule has 9 nitrogen and oxygen atoms in total. The maximum atomic E-state index is 12.1. The Morgan fingerprint density at radius 1 is 1.11 bits per heavy atom. The van der Waals surface area contributed by atoms with E-state index in [9.17, 15) is 9.90 Å². The number of hydrazine groups is 1. The van der Waals surface area contributed by atoms with Crippen molar-refractivity contribution in [3.63, 3.8) is 0 Å². The third-order valence-electron chi connectivity index (χ3n) is 8.09. The Hall–Kier alpha value is -2.72. The van der Waals surface area contributed by atoms with E-state index in [1.54, 1.807) is 0 Å². The van der Waals surface area contributed by atoms with E-state index in [1.165, 1.54) is 5.56 Å². The number of likely N-dealkylation sites (tertiary alicyclic amines) is 2. The number of fused-ring (bicyclic) bond motifs is 1. The fourth-order valence-electron chi connectivity index (χ4n) is 5.91. The second-order valence-corrected chi connectivity index (χ2v) is 10.3. The number of aromatic nitrogens is 1. The van der Waals surface area contributed by atoms with Crippen molar-refractivity contribution in [2.75, 3.05) is 39.3 Å². The van der Waals surface area contributed by atoms with Gasteiger partial charge in [-0.25, -0.2) is 4.98 Å². The Morgan fingerprint density at radius 3 is 2.72 bits per heavy atom. The van der Waals surface area contributed by atoms with E-state index in [1.807, 2.05) is 29.3 Å². The molecule has 4 aliphatic rings. The lowest BCUT2D eigenvalue weighted by atomic mass is 9.96. The van der Waals surface area contributed by atoms with Crippen molar-refractivity contribution in [3.05, 3.63) is 47.7 Å². The molecule has 2 unspecified atom stereocenters. The van der Waals surface area contributed by atoms with Crippen LogP contribution in [0.15, 0.2) is 36.5 Å². The van der Waals surface area contributed by atoms with Crippen LogP contribution in [0.3, 0.4) is 0 Å². The van der Waals surface area contributed by atoms with Gasteiger partial charge < -0.3 is 24.4 Å². The van der Waals surface area contributed by atoms with Gasteiger partial charge in [-0.2, -0.15) is 0 Å². The van der Waals surface area contributed by atoms with E-state index in [0.717, 1.165) is 68.9 Å². The van der Waals surface area contributed by atoms with Gasteiger partial charge in [-0.1, -0.05) is 12.1 Å². The molecule has 3 fully saturated rings. The number of piperidine rings is 1. The van der Waals surface area contributed by atoms with Crippen LogP contribution in [0.1, 0.15) is 55.2 Å². The summed E-state index contributed by atoms with van der Waals surface area (Å²) in [4.78, 5) is 21.0. The number of pyridine rings is 1. The van der Waals surface area contributed by atoms with Crippen LogP contribution < -0.4 is 20.3 Å². The first kappa shape index (κ1) is 23.7. The minimum Gasteiger partial charge on any atom is -0.493 e. The number of hydrogen-bond donors (Lipinski definition) is 3. The van der Waals surface area contributed by atoms with Crippen LogP contribution in [0.2, 0.25) is 0 Å². The minimum atomic E-state index is -0.787. The van der Waals surface area contributed by atoms with Crippen LogP contribution >= 0.6 is 0 Å². The van der Waals surface area contributed by atoms with Gasteiger partial charge in [0.2, 0.25) is 5.88 Å². The Balaban J connectivity index is 0.991. The van der Waals surface area contributed by atoms with Crippen molar-refractivity contribution in [3.8, 4) is 17.4 Å². The fourth-order valence-corrected chi connectivity index (χ4v) is 5.91. The monoisotopic (exact) mass is 493 g/mol. The van der Waals surface area contributed by atoms with Gasteiger partial charge in [0, 0.05) is 68.1 Å². The molecule has 3 saturated heterocycles. The van der Waals surface area contributed by atoms with Gasteiger partial charge in [-0.05, 0) is 50.3 Å². The summed E-state index contributed by atoms with van der Waals surface area (Å²) >= 11 is 0. The third kappa shape index (κ3) is 4.93. The van der Waals surface area contributed by atoms with E-state index in [-0.39, 0.29) is 11.9 Å².